The van der Waals surface area contributed by atoms with Crippen LogP contribution in [0.3, 0.4) is 0 Å². The highest BCUT2D eigenvalue weighted by Crippen LogP contribution is 2.80. The van der Waals surface area contributed by atoms with E-state index in [1.807, 2.05) is 6.92 Å². The molecule has 1 spiro atoms. The van der Waals surface area contributed by atoms with Gasteiger partial charge in [-0.05, 0) is 31.0 Å². The van der Waals surface area contributed by atoms with Crippen molar-refractivity contribution in [2.24, 2.45) is 34.5 Å². The molecule has 1 aromatic carbocycles. The number of aliphatic hydroxyl groups excluding tert-OH is 2. The number of benzene rings is 1. The fourth-order valence-electron chi connectivity index (χ4n) is 12.3. The second-order valence-electron chi connectivity index (χ2n) is 14.4. The average Bonchev–Trinajstić information content (AvgIpc) is 3.41. The molecule has 0 amide bonds. The van der Waals surface area contributed by atoms with Crippen LogP contribution in [0.1, 0.15) is 37.0 Å². The fraction of sp³-hybridized carbons (Fsp3) is 0.765. The fourth-order valence-corrected chi connectivity index (χ4v) is 12.3. The maximum atomic E-state index is 13.8. The molecular formula is C34H47NO11. The number of carbonyl (C=O) groups is 2. The van der Waals surface area contributed by atoms with Gasteiger partial charge in [0.15, 0.2) is 5.60 Å². The summed E-state index contributed by atoms with van der Waals surface area (Å²) in [6, 6.07) is 8.18. The van der Waals surface area contributed by atoms with Gasteiger partial charge in [-0.25, -0.2) is 4.79 Å². The van der Waals surface area contributed by atoms with Gasteiger partial charge in [-0.1, -0.05) is 25.1 Å². The van der Waals surface area contributed by atoms with Crippen LogP contribution in [0.15, 0.2) is 30.3 Å². The normalized spacial score (nSPS) is 49.9. The van der Waals surface area contributed by atoms with Crippen LogP contribution >= 0.6 is 0 Å². The number of piperidine rings is 1. The molecule has 0 aromatic heterocycles. The summed E-state index contributed by atoms with van der Waals surface area (Å²) in [6.45, 7) is 4.68. The van der Waals surface area contributed by atoms with E-state index in [-0.39, 0.29) is 25.0 Å². The van der Waals surface area contributed by atoms with Crippen molar-refractivity contribution in [3.05, 3.63) is 35.9 Å². The topological polar surface area (TPSA) is 153 Å². The third kappa shape index (κ3) is 3.62. The van der Waals surface area contributed by atoms with Crippen LogP contribution < -0.4 is 0 Å². The van der Waals surface area contributed by atoms with Gasteiger partial charge in [-0.2, -0.15) is 0 Å². The summed E-state index contributed by atoms with van der Waals surface area (Å²) in [5.74, 6) is -3.65. The number of fused-ring (bicyclic) bond motifs is 2. The first kappa shape index (κ1) is 32.4. The molecule has 254 valence electrons. The van der Waals surface area contributed by atoms with Crippen LogP contribution in [-0.4, -0.2) is 134 Å². The zero-order chi connectivity index (χ0) is 33.0. The summed E-state index contributed by atoms with van der Waals surface area (Å²) < 4.78 is 37.4. The standard InChI is InChI=1S/C34H47NO11/c1-7-35-15-31(16-41-3)20(37)13-21(42-4)33-19-14-32(40)28(45-30(39)18-11-9-8-10-12-18)22(19)34(46-17(2)36,27(38)29(32)44-6)23(26(33)35)24(43-5)25(31)33/h8-12,19-29,37-38,40H,7,13-16H2,1-6H3/t19-,20-,21-,22-,23?,24+,25?,26-,27+,28-,29+,31+,32-,33?,34-/m1/s1. The highest BCUT2D eigenvalue weighted by atomic mass is 16.6. The Bertz CT molecular complexity index is 1360. The number of esters is 2. The number of ether oxygens (including phenoxy) is 6. The van der Waals surface area contributed by atoms with E-state index in [0.717, 1.165) is 0 Å². The van der Waals surface area contributed by atoms with Crippen molar-refractivity contribution < 1.29 is 53.3 Å². The summed E-state index contributed by atoms with van der Waals surface area (Å²) in [6.07, 6.45) is -5.49. The van der Waals surface area contributed by atoms with Gasteiger partial charge in [-0.15, -0.1) is 0 Å². The predicted molar refractivity (Wildman–Crippen MR) is 160 cm³/mol. The summed E-state index contributed by atoms with van der Waals surface area (Å²) in [5.41, 5.74) is -4.79. The first-order valence-corrected chi connectivity index (χ1v) is 16.3. The smallest absolute Gasteiger partial charge is 0.338 e. The van der Waals surface area contributed by atoms with E-state index in [2.05, 4.69) is 4.90 Å². The molecule has 1 saturated heterocycles. The van der Waals surface area contributed by atoms with Crippen molar-refractivity contribution in [3.8, 4) is 0 Å². The van der Waals surface area contributed by atoms with Crippen LogP contribution in [0.5, 0.6) is 0 Å². The zero-order valence-corrected chi connectivity index (χ0v) is 27.3. The van der Waals surface area contributed by atoms with Gasteiger partial charge < -0.3 is 43.7 Å². The van der Waals surface area contributed by atoms with Crippen molar-refractivity contribution in [2.75, 3.05) is 48.1 Å². The molecule has 1 aromatic rings. The van der Waals surface area contributed by atoms with Gasteiger partial charge in [-0.3, -0.25) is 9.69 Å². The van der Waals surface area contributed by atoms with Gasteiger partial charge in [0.2, 0.25) is 0 Å². The molecule has 7 rings (SSSR count). The van der Waals surface area contributed by atoms with E-state index in [1.165, 1.54) is 14.0 Å². The van der Waals surface area contributed by atoms with E-state index in [1.54, 1.807) is 51.7 Å². The number of hydrogen-bond acceptors (Lipinski definition) is 12. The third-order valence-corrected chi connectivity index (χ3v) is 13.2. The van der Waals surface area contributed by atoms with Crippen molar-refractivity contribution in [2.45, 2.75) is 80.6 Å². The predicted octanol–water partition coefficient (Wildman–Crippen LogP) is 0.648. The molecule has 6 fully saturated rings. The summed E-state index contributed by atoms with van der Waals surface area (Å²) in [4.78, 5) is 29.3. The van der Waals surface area contributed by atoms with Crippen LogP contribution in [0.2, 0.25) is 0 Å². The largest absolute Gasteiger partial charge is 0.455 e. The van der Waals surface area contributed by atoms with Gasteiger partial charge in [0.05, 0.1) is 30.5 Å². The van der Waals surface area contributed by atoms with Gasteiger partial charge in [0.25, 0.3) is 0 Å². The van der Waals surface area contributed by atoms with E-state index in [9.17, 15) is 24.9 Å². The highest BCUT2D eigenvalue weighted by Gasteiger charge is 2.92. The Hall–Kier alpha value is -2.16. The second-order valence-corrected chi connectivity index (χ2v) is 14.4. The Balaban J connectivity index is 1.53. The molecule has 12 nitrogen and oxygen atoms in total. The average molecular weight is 646 g/mol. The van der Waals surface area contributed by atoms with Crippen molar-refractivity contribution in [1.82, 2.24) is 4.90 Å². The Labute approximate surface area is 269 Å². The van der Waals surface area contributed by atoms with Crippen LogP contribution in [0.4, 0.5) is 0 Å². The summed E-state index contributed by atoms with van der Waals surface area (Å²) in [7, 11) is 6.27. The molecular weight excluding hydrogens is 598 g/mol. The first-order chi connectivity index (χ1) is 22.0. The highest BCUT2D eigenvalue weighted by molar-refractivity contribution is 5.89. The Morgan fingerprint density at radius 1 is 1.00 bits per heavy atom. The molecule has 7 bridgehead atoms. The molecule has 1 aliphatic heterocycles. The van der Waals surface area contributed by atoms with Crippen LogP contribution in [-0.2, 0) is 33.2 Å². The molecule has 6 aliphatic rings. The van der Waals surface area contributed by atoms with Crippen molar-refractivity contribution >= 4 is 11.9 Å². The zero-order valence-electron chi connectivity index (χ0n) is 27.3. The van der Waals surface area contributed by atoms with Crippen LogP contribution in [0.25, 0.3) is 0 Å². The third-order valence-electron chi connectivity index (χ3n) is 13.2. The molecule has 15 atom stereocenters. The lowest BCUT2D eigenvalue weighted by Crippen LogP contribution is -2.81. The lowest BCUT2D eigenvalue weighted by Gasteiger charge is -2.70. The molecule has 46 heavy (non-hydrogen) atoms. The monoisotopic (exact) mass is 645 g/mol. The Morgan fingerprint density at radius 2 is 1.72 bits per heavy atom. The van der Waals surface area contributed by atoms with Gasteiger partial charge in [0.1, 0.15) is 23.9 Å². The number of hydrogen-bond donors (Lipinski definition) is 3. The molecule has 1 heterocycles. The minimum Gasteiger partial charge on any atom is -0.455 e. The Morgan fingerprint density at radius 3 is 2.30 bits per heavy atom. The van der Waals surface area contributed by atoms with E-state index in [4.69, 9.17) is 28.4 Å². The first-order valence-electron chi connectivity index (χ1n) is 16.3. The molecule has 3 unspecified atom stereocenters. The quantitative estimate of drug-likeness (QED) is 0.323. The lowest BCUT2D eigenvalue weighted by atomic mass is 9.42. The van der Waals surface area contributed by atoms with E-state index >= 15 is 0 Å². The van der Waals surface area contributed by atoms with Crippen molar-refractivity contribution in [3.63, 3.8) is 0 Å². The molecule has 0 radical (unpaired) electrons. The minimum atomic E-state index is -1.83. The molecule has 5 saturated carbocycles. The van der Waals surface area contributed by atoms with E-state index in [0.29, 0.717) is 25.1 Å². The maximum Gasteiger partial charge on any atom is 0.338 e. The van der Waals surface area contributed by atoms with Gasteiger partial charge >= 0.3 is 11.9 Å². The lowest BCUT2D eigenvalue weighted by molar-refractivity contribution is -0.322. The molecule has 12 heteroatoms. The van der Waals surface area contributed by atoms with E-state index < -0.39 is 88.3 Å². The number of methoxy groups -OCH3 is 4. The summed E-state index contributed by atoms with van der Waals surface area (Å²) >= 11 is 0. The maximum absolute atomic E-state index is 13.8. The van der Waals surface area contributed by atoms with Gasteiger partial charge in [0, 0.05) is 83.0 Å². The second kappa shape index (κ2) is 10.9. The number of nitrogens with zero attached hydrogens (tertiary/aromatic N) is 1. The number of likely N-dealkylation sites (tertiary alicyclic amines) is 1. The number of rotatable bonds is 9. The summed E-state index contributed by atoms with van der Waals surface area (Å²) in [5, 5.41) is 37.3. The number of aliphatic hydroxyl groups is 3. The Kier molecular flexibility index (Phi) is 7.69. The minimum absolute atomic E-state index is 0.0791. The number of carbonyl (C=O) groups excluding carboxylic acids is 2. The molecule has 3 N–H and O–H groups in total. The van der Waals surface area contributed by atoms with Crippen LogP contribution in [0, 0.1) is 34.5 Å². The molecule has 5 aliphatic carbocycles. The van der Waals surface area contributed by atoms with Crippen molar-refractivity contribution in [1.29, 1.82) is 0 Å². The SMILES string of the molecule is CCN1C[C@@]2(COC)C3[C@@H](OC)C4[C@@H]1C3([C@@H]1C[C@@]3(O)[C@H](OC(=O)c5ccccc5)[C@@H]1[C@]4(OC(C)=O)[C@@H](O)[C@@H]3OC)[C@H](OC)C[C@H]2O.